The summed E-state index contributed by atoms with van der Waals surface area (Å²) >= 11 is 0. The molecule has 1 aliphatic carbocycles. The molecule has 1 saturated carbocycles. The number of rotatable bonds is 6. The van der Waals surface area contributed by atoms with E-state index >= 15 is 0 Å². The molecule has 0 aromatic heterocycles. The minimum absolute atomic E-state index is 0. The van der Waals surface area contributed by atoms with Crippen LogP contribution < -0.4 is 11.1 Å². The molecule has 1 fully saturated rings. The molecule has 1 aromatic carbocycles. The molecule has 0 saturated heterocycles. The summed E-state index contributed by atoms with van der Waals surface area (Å²) in [6.45, 7) is 6.55. The van der Waals surface area contributed by atoms with E-state index < -0.39 is 0 Å². The van der Waals surface area contributed by atoms with E-state index in [9.17, 15) is 4.79 Å². The molecule has 2 rings (SSSR count). The number of hydrogen-bond donors (Lipinski definition) is 2. The summed E-state index contributed by atoms with van der Waals surface area (Å²) in [5, 5.41) is 3.26. The van der Waals surface area contributed by atoms with Crippen LogP contribution in [-0.2, 0) is 10.2 Å². The van der Waals surface area contributed by atoms with Gasteiger partial charge in [0.05, 0.1) is 0 Å². The van der Waals surface area contributed by atoms with Crippen molar-refractivity contribution in [2.45, 2.75) is 70.4 Å². The van der Waals surface area contributed by atoms with Crippen molar-refractivity contribution in [2.75, 3.05) is 0 Å². The lowest BCUT2D eigenvalue weighted by Crippen LogP contribution is -2.47. The zero-order valence-electron chi connectivity index (χ0n) is 14.5. The Morgan fingerprint density at radius 1 is 1.30 bits per heavy atom. The number of hydrogen-bond acceptors (Lipinski definition) is 2. The third kappa shape index (κ3) is 4.95. The fraction of sp³-hybridized carbons (Fsp3) is 0.632. The van der Waals surface area contributed by atoms with Crippen molar-refractivity contribution in [3.05, 3.63) is 35.9 Å². The van der Waals surface area contributed by atoms with Crippen molar-refractivity contribution in [1.82, 2.24) is 5.32 Å². The third-order valence-electron chi connectivity index (χ3n) is 5.30. The van der Waals surface area contributed by atoms with Gasteiger partial charge >= 0.3 is 0 Å². The summed E-state index contributed by atoms with van der Waals surface area (Å²) in [7, 11) is 0. The number of nitrogens with two attached hydrogens (primary N) is 1. The maximum absolute atomic E-state index is 12.4. The Morgan fingerprint density at radius 3 is 2.48 bits per heavy atom. The first-order chi connectivity index (χ1) is 10.4. The van der Waals surface area contributed by atoms with E-state index in [-0.39, 0.29) is 35.8 Å². The van der Waals surface area contributed by atoms with Gasteiger partial charge in [0.15, 0.2) is 0 Å². The lowest BCUT2D eigenvalue weighted by atomic mass is 9.76. The molecule has 23 heavy (non-hydrogen) atoms. The molecule has 3 nitrogen and oxygen atoms in total. The topological polar surface area (TPSA) is 55.1 Å². The van der Waals surface area contributed by atoms with E-state index in [0.29, 0.717) is 12.3 Å². The minimum atomic E-state index is -0.0799. The zero-order chi connectivity index (χ0) is 16.2. The zero-order valence-corrected chi connectivity index (χ0v) is 15.4. The van der Waals surface area contributed by atoms with E-state index in [4.69, 9.17) is 5.73 Å². The maximum Gasteiger partial charge on any atom is 0.220 e. The van der Waals surface area contributed by atoms with Crippen LogP contribution in [0.5, 0.6) is 0 Å². The molecule has 0 heterocycles. The Hall–Kier alpha value is -1.06. The van der Waals surface area contributed by atoms with Gasteiger partial charge in [-0.05, 0) is 30.7 Å². The molecule has 130 valence electrons. The summed E-state index contributed by atoms with van der Waals surface area (Å²) in [5.41, 5.74) is 7.27. The van der Waals surface area contributed by atoms with Crippen molar-refractivity contribution in [3.8, 4) is 0 Å². The quantitative estimate of drug-likeness (QED) is 0.829. The maximum atomic E-state index is 12.4. The molecule has 0 spiro atoms. The summed E-state index contributed by atoms with van der Waals surface area (Å²) < 4.78 is 0. The lowest BCUT2D eigenvalue weighted by Gasteiger charge is -2.35. The Labute approximate surface area is 146 Å². The van der Waals surface area contributed by atoms with Crippen LogP contribution in [0.1, 0.15) is 58.4 Å². The van der Waals surface area contributed by atoms with Crippen molar-refractivity contribution in [1.29, 1.82) is 0 Å². The fourth-order valence-electron chi connectivity index (χ4n) is 3.67. The van der Waals surface area contributed by atoms with Crippen molar-refractivity contribution in [2.24, 2.45) is 11.7 Å². The Morgan fingerprint density at radius 2 is 1.96 bits per heavy atom. The summed E-state index contributed by atoms with van der Waals surface area (Å²) in [4.78, 5) is 12.4. The Balaban J connectivity index is 0.00000264. The molecule has 0 aliphatic heterocycles. The number of amides is 1. The van der Waals surface area contributed by atoms with Gasteiger partial charge in [-0.3, -0.25) is 4.79 Å². The number of carbonyl (C=O) groups excluding carboxylic acids is 1. The Kier molecular flexibility index (Phi) is 7.56. The highest BCUT2D eigenvalue weighted by atomic mass is 35.5. The highest BCUT2D eigenvalue weighted by Gasteiger charge is 2.32. The van der Waals surface area contributed by atoms with Crippen LogP contribution in [0.4, 0.5) is 0 Å². The van der Waals surface area contributed by atoms with Crippen LogP contribution in [0, 0.1) is 5.92 Å². The normalized spacial score (nSPS) is 22.3. The summed E-state index contributed by atoms with van der Waals surface area (Å²) in [6, 6.07) is 10.8. The molecule has 3 N–H and O–H groups in total. The fourth-order valence-corrected chi connectivity index (χ4v) is 3.67. The number of carbonyl (C=O) groups is 1. The molecule has 1 aliphatic rings. The second-order valence-electron chi connectivity index (χ2n) is 7.18. The van der Waals surface area contributed by atoms with E-state index in [1.807, 2.05) is 6.07 Å². The van der Waals surface area contributed by atoms with Crippen LogP contribution in [0.25, 0.3) is 0 Å². The molecule has 1 aromatic rings. The standard InChI is InChI=1S/C19H30N2O.ClH/c1-4-17(19(2,3)15-10-6-5-7-11-15)21-18(22)13-14-9-8-12-16(14)20;/h5-7,10-11,14,16-17H,4,8-9,12-13,20H2,1-3H3,(H,21,22);1H/t14-,16+,17?;/m0./s1. The smallest absolute Gasteiger partial charge is 0.220 e. The van der Waals surface area contributed by atoms with Gasteiger partial charge in [0, 0.05) is 23.9 Å². The lowest BCUT2D eigenvalue weighted by molar-refractivity contribution is -0.123. The van der Waals surface area contributed by atoms with E-state index in [0.717, 1.165) is 25.7 Å². The second kappa shape index (κ2) is 8.70. The predicted molar refractivity (Wildman–Crippen MR) is 98.9 cm³/mol. The first-order valence-electron chi connectivity index (χ1n) is 8.55. The highest BCUT2D eigenvalue weighted by Crippen LogP contribution is 2.30. The van der Waals surface area contributed by atoms with Crippen LogP contribution in [0.15, 0.2) is 30.3 Å². The van der Waals surface area contributed by atoms with Crippen LogP contribution >= 0.6 is 12.4 Å². The monoisotopic (exact) mass is 338 g/mol. The highest BCUT2D eigenvalue weighted by molar-refractivity contribution is 5.85. The van der Waals surface area contributed by atoms with Crippen LogP contribution in [0.2, 0.25) is 0 Å². The number of benzene rings is 1. The van der Waals surface area contributed by atoms with Gasteiger partial charge in [0.1, 0.15) is 0 Å². The summed E-state index contributed by atoms with van der Waals surface area (Å²) in [5.74, 6) is 0.510. The van der Waals surface area contributed by atoms with Gasteiger partial charge in [-0.25, -0.2) is 0 Å². The van der Waals surface area contributed by atoms with E-state index in [2.05, 4.69) is 50.4 Å². The molecule has 1 unspecified atom stereocenters. The SMILES string of the molecule is CCC(NC(=O)C[C@@H]1CCC[C@H]1N)C(C)(C)c1ccccc1.Cl. The van der Waals surface area contributed by atoms with Gasteiger partial charge in [0.2, 0.25) is 5.91 Å². The molecule has 0 radical (unpaired) electrons. The van der Waals surface area contributed by atoms with Gasteiger partial charge in [-0.1, -0.05) is 57.5 Å². The van der Waals surface area contributed by atoms with Gasteiger partial charge in [-0.15, -0.1) is 12.4 Å². The largest absolute Gasteiger partial charge is 0.352 e. The van der Waals surface area contributed by atoms with Gasteiger partial charge in [-0.2, -0.15) is 0 Å². The van der Waals surface area contributed by atoms with E-state index in [1.54, 1.807) is 0 Å². The van der Waals surface area contributed by atoms with Crippen molar-refractivity contribution >= 4 is 18.3 Å². The molecule has 1 amide bonds. The molecular formula is C19H31ClN2O. The summed E-state index contributed by atoms with van der Waals surface area (Å²) in [6.07, 6.45) is 4.80. The van der Waals surface area contributed by atoms with E-state index in [1.165, 1.54) is 5.56 Å². The Bertz CT molecular complexity index is 489. The number of halogens is 1. The first-order valence-corrected chi connectivity index (χ1v) is 8.55. The van der Waals surface area contributed by atoms with Gasteiger partial charge < -0.3 is 11.1 Å². The molecule has 4 heteroatoms. The van der Waals surface area contributed by atoms with Crippen molar-refractivity contribution in [3.63, 3.8) is 0 Å². The average Bonchev–Trinajstić information content (AvgIpc) is 2.90. The first kappa shape index (κ1) is 20.0. The second-order valence-corrected chi connectivity index (χ2v) is 7.18. The average molecular weight is 339 g/mol. The molecule has 3 atom stereocenters. The molecular weight excluding hydrogens is 308 g/mol. The minimum Gasteiger partial charge on any atom is -0.352 e. The van der Waals surface area contributed by atoms with Gasteiger partial charge in [0.25, 0.3) is 0 Å². The van der Waals surface area contributed by atoms with Crippen LogP contribution in [-0.4, -0.2) is 18.0 Å². The van der Waals surface area contributed by atoms with Crippen LogP contribution in [0.3, 0.4) is 0 Å². The number of nitrogens with one attached hydrogen (secondary N) is 1. The predicted octanol–water partition coefficient (Wildman–Crippen LogP) is 3.80. The molecule has 0 bridgehead atoms. The van der Waals surface area contributed by atoms with Crippen molar-refractivity contribution < 1.29 is 4.79 Å². The third-order valence-corrected chi connectivity index (χ3v) is 5.30.